The zero-order valence-electron chi connectivity index (χ0n) is 25.0. The molecule has 0 aromatic heterocycles. The number of benzene rings is 3. The standard InChI is InChI=1S/C31H38O10S2/c1-6-15-43(34,35)29-20-22(19-28(38-4)31(29)40-14-16-42(32,33)23-10-8-7-9-11-23)25-13-12-24(41-25)21-17-26(36-2)30(39-5)27(18-21)37-3/h7-11,17-20,24-25H,6,12-16H2,1-5H3/t24-,25?/m0/s1. The second-order valence-electron chi connectivity index (χ2n) is 10.00. The summed E-state index contributed by atoms with van der Waals surface area (Å²) in [5.74, 6) is 1.22. The molecule has 1 unspecified atom stereocenters. The van der Waals surface area contributed by atoms with Crippen molar-refractivity contribution in [2.45, 2.75) is 48.2 Å². The van der Waals surface area contributed by atoms with Crippen LogP contribution in [0.15, 0.2) is 64.4 Å². The third-order valence-corrected chi connectivity index (χ3v) is 10.8. The number of sulfone groups is 2. The maximum atomic E-state index is 13.4. The molecule has 1 heterocycles. The highest BCUT2D eigenvalue weighted by atomic mass is 32.2. The van der Waals surface area contributed by atoms with Gasteiger partial charge in [-0.3, -0.25) is 0 Å². The molecule has 1 saturated heterocycles. The first kappa shape index (κ1) is 32.4. The van der Waals surface area contributed by atoms with Gasteiger partial charge in [0, 0.05) is 0 Å². The van der Waals surface area contributed by atoms with E-state index in [1.807, 2.05) is 12.1 Å². The maximum absolute atomic E-state index is 13.4. The van der Waals surface area contributed by atoms with Crippen molar-refractivity contribution in [2.24, 2.45) is 0 Å². The Morgan fingerprint density at radius 1 is 0.698 bits per heavy atom. The molecule has 1 fully saturated rings. The van der Waals surface area contributed by atoms with Crippen molar-refractivity contribution in [1.29, 1.82) is 0 Å². The number of ether oxygens (including phenoxy) is 6. The summed E-state index contributed by atoms with van der Waals surface area (Å²) >= 11 is 0. The molecule has 0 saturated carbocycles. The Morgan fingerprint density at radius 2 is 1.23 bits per heavy atom. The van der Waals surface area contributed by atoms with Crippen molar-refractivity contribution in [3.05, 3.63) is 65.7 Å². The van der Waals surface area contributed by atoms with Gasteiger partial charge in [0.1, 0.15) is 11.5 Å². The molecule has 0 radical (unpaired) electrons. The largest absolute Gasteiger partial charge is 0.493 e. The quantitative estimate of drug-likeness (QED) is 0.229. The van der Waals surface area contributed by atoms with Crippen LogP contribution in [0.2, 0.25) is 0 Å². The summed E-state index contributed by atoms with van der Waals surface area (Å²) in [5, 5.41) is 0. The minimum Gasteiger partial charge on any atom is -0.493 e. The first-order chi connectivity index (χ1) is 20.6. The van der Waals surface area contributed by atoms with Gasteiger partial charge in [-0.25, -0.2) is 16.8 Å². The van der Waals surface area contributed by atoms with Crippen molar-refractivity contribution in [3.63, 3.8) is 0 Å². The summed E-state index contributed by atoms with van der Waals surface area (Å²) in [6.07, 6.45) is 0.936. The molecule has 234 valence electrons. The molecule has 12 heteroatoms. The SMILES string of the molecule is CCCS(=O)(=O)c1cc(C2CC[C@@H](c3cc(OC)c(OC)c(OC)c3)O2)cc(OC)c1OCCS(=O)(=O)c1ccccc1. The number of hydrogen-bond donors (Lipinski definition) is 0. The third kappa shape index (κ3) is 7.19. The number of rotatable bonds is 14. The number of hydrogen-bond acceptors (Lipinski definition) is 10. The lowest BCUT2D eigenvalue weighted by Crippen LogP contribution is -2.17. The van der Waals surface area contributed by atoms with Crippen LogP contribution in [0.3, 0.4) is 0 Å². The van der Waals surface area contributed by atoms with Crippen LogP contribution >= 0.6 is 0 Å². The molecule has 0 spiro atoms. The van der Waals surface area contributed by atoms with E-state index in [0.29, 0.717) is 42.1 Å². The predicted octanol–water partition coefficient (Wildman–Crippen LogP) is 5.35. The van der Waals surface area contributed by atoms with Gasteiger partial charge in [0.15, 0.2) is 42.7 Å². The van der Waals surface area contributed by atoms with Gasteiger partial charge in [0.25, 0.3) is 0 Å². The molecule has 0 N–H and O–H groups in total. The van der Waals surface area contributed by atoms with Crippen LogP contribution in [-0.2, 0) is 24.4 Å². The Bertz CT molecular complexity index is 1590. The van der Waals surface area contributed by atoms with E-state index in [1.54, 1.807) is 51.5 Å². The molecule has 3 aromatic carbocycles. The van der Waals surface area contributed by atoms with E-state index < -0.39 is 25.8 Å². The molecule has 0 bridgehead atoms. The summed E-state index contributed by atoms with van der Waals surface area (Å²) in [5.41, 5.74) is 1.45. The molecule has 0 aliphatic carbocycles. The van der Waals surface area contributed by atoms with Crippen molar-refractivity contribution in [1.82, 2.24) is 0 Å². The second kappa shape index (κ2) is 13.9. The Balaban J connectivity index is 1.64. The summed E-state index contributed by atoms with van der Waals surface area (Å²) in [6, 6.07) is 15.0. The molecule has 10 nitrogen and oxygen atoms in total. The maximum Gasteiger partial charge on any atom is 0.203 e. The van der Waals surface area contributed by atoms with Crippen LogP contribution in [0.4, 0.5) is 0 Å². The summed E-state index contributed by atoms with van der Waals surface area (Å²) in [4.78, 5) is 0.112. The minimum atomic E-state index is -3.79. The predicted molar refractivity (Wildman–Crippen MR) is 161 cm³/mol. The lowest BCUT2D eigenvalue weighted by atomic mass is 10.0. The van der Waals surface area contributed by atoms with Gasteiger partial charge in [0.2, 0.25) is 5.75 Å². The molecule has 2 atom stereocenters. The van der Waals surface area contributed by atoms with E-state index in [2.05, 4.69) is 0 Å². The molecule has 1 aliphatic heterocycles. The summed E-state index contributed by atoms with van der Waals surface area (Å²) < 4.78 is 86.7. The first-order valence-corrected chi connectivity index (χ1v) is 17.2. The highest BCUT2D eigenvalue weighted by Gasteiger charge is 2.33. The highest BCUT2D eigenvalue weighted by molar-refractivity contribution is 7.91. The molecule has 1 aliphatic rings. The zero-order chi connectivity index (χ0) is 31.2. The fourth-order valence-electron chi connectivity index (χ4n) is 5.10. The Hall–Kier alpha value is -3.48. The van der Waals surface area contributed by atoms with Gasteiger partial charge < -0.3 is 28.4 Å². The normalized spacial score (nSPS) is 17.0. The van der Waals surface area contributed by atoms with E-state index in [0.717, 1.165) is 5.56 Å². The fraction of sp³-hybridized carbons (Fsp3) is 0.419. The molecular weight excluding hydrogens is 596 g/mol. The van der Waals surface area contributed by atoms with Crippen LogP contribution in [0, 0.1) is 0 Å². The Labute approximate surface area is 253 Å². The summed E-state index contributed by atoms with van der Waals surface area (Å²) in [6.45, 7) is 1.51. The van der Waals surface area contributed by atoms with Gasteiger partial charge in [-0.2, -0.15) is 0 Å². The highest BCUT2D eigenvalue weighted by Crippen LogP contribution is 2.48. The van der Waals surface area contributed by atoms with Crippen LogP contribution in [0.25, 0.3) is 0 Å². The van der Waals surface area contributed by atoms with Crippen LogP contribution in [0.5, 0.6) is 28.7 Å². The van der Waals surface area contributed by atoms with Crippen molar-refractivity contribution < 1.29 is 45.3 Å². The average Bonchev–Trinajstić information content (AvgIpc) is 3.51. The van der Waals surface area contributed by atoms with E-state index in [1.165, 1.54) is 26.4 Å². The Kier molecular flexibility index (Phi) is 10.5. The molecule has 3 aromatic rings. The van der Waals surface area contributed by atoms with Crippen LogP contribution in [-0.4, -0.2) is 63.4 Å². The molecule has 4 rings (SSSR count). The monoisotopic (exact) mass is 634 g/mol. The Morgan fingerprint density at radius 3 is 1.74 bits per heavy atom. The first-order valence-electron chi connectivity index (χ1n) is 13.9. The van der Waals surface area contributed by atoms with Gasteiger partial charge in [-0.1, -0.05) is 25.1 Å². The van der Waals surface area contributed by atoms with Crippen LogP contribution in [0.1, 0.15) is 49.5 Å². The van der Waals surface area contributed by atoms with E-state index in [4.69, 9.17) is 28.4 Å². The third-order valence-electron chi connectivity index (χ3n) is 7.22. The van der Waals surface area contributed by atoms with Crippen molar-refractivity contribution in [3.8, 4) is 28.7 Å². The average molecular weight is 635 g/mol. The molecule has 0 amide bonds. The second-order valence-corrected chi connectivity index (χ2v) is 14.2. The van der Waals surface area contributed by atoms with Crippen LogP contribution < -0.4 is 23.7 Å². The summed E-state index contributed by atoms with van der Waals surface area (Å²) in [7, 11) is -1.39. The topological polar surface area (TPSA) is 124 Å². The lowest BCUT2D eigenvalue weighted by Gasteiger charge is -2.21. The lowest BCUT2D eigenvalue weighted by molar-refractivity contribution is 0.0435. The molecular formula is C31H38O10S2. The van der Waals surface area contributed by atoms with E-state index in [-0.39, 0.29) is 45.5 Å². The minimum absolute atomic E-state index is 0.0119. The van der Waals surface area contributed by atoms with E-state index >= 15 is 0 Å². The van der Waals surface area contributed by atoms with Gasteiger partial charge in [-0.05, 0) is 66.8 Å². The van der Waals surface area contributed by atoms with Gasteiger partial charge >= 0.3 is 0 Å². The van der Waals surface area contributed by atoms with Gasteiger partial charge in [0.05, 0.1) is 57.0 Å². The van der Waals surface area contributed by atoms with Crippen molar-refractivity contribution in [2.75, 3.05) is 46.6 Å². The van der Waals surface area contributed by atoms with Gasteiger partial charge in [-0.15, -0.1) is 0 Å². The number of methoxy groups -OCH3 is 4. The van der Waals surface area contributed by atoms with Crippen molar-refractivity contribution >= 4 is 19.7 Å². The molecule has 43 heavy (non-hydrogen) atoms. The zero-order valence-corrected chi connectivity index (χ0v) is 26.6. The van der Waals surface area contributed by atoms with E-state index in [9.17, 15) is 16.8 Å². The smallest absolute Gasteiger partial charge is 0.203 e. The fourth-order valence-corrected chi connectivity index (χ4v) is 7.73.